The number of carbonyl (C=O) groups is 2. The van der Waals surface area contributed by atoms with Gasteiger partial charge in [0.2, 0.25) is 5.91 Å². The molecule has 1 saturated carbocycles. The van der Waals surface area contributed by atoms with E-state index in [4.69, 9.17) is 4.74 Å². The Morgan fingerprint density at radius 1 is 1.26 bits per heavy atom. The van der Waals surface area contributed by atoms with E-state index in [9.17, 15) is 9.59 Å². The van der Waals surface area contributed by atoms with Crippen LogP contribution in [0.5, 0.6) is 5.75 Å². The highest BCUT2D eigenvalue weighted by Crippen LogP contribution is 2.27. The van der Waals surface area contributed by atoms with E-state index in [1.807, 2.05) is 24.1 Å². The number of fused-ring (bicyclic) bond motifs is 1. The van der Waals surface area contributed by atoms with Gasteiger partial charge in [0.25, 0.3) is 5.91 Å². The highest BCUT2D eigenvalue weighted by Gasteiger charge is 2.22. The molecule has 3 rings (SSSR count). The van der Waals surface area contributed by atoms with Gasteiger partial charge in [0.15, 0.2) is 6.61 Å². The van der Waals surface area contributed by atoms with Gasteiger partial charge in [-0.15, -0.1) is 0 Å². The van der Waals surface area contributed by atoms with Gasteiger partial charge in [-0.25, -0.2) is 0 Å². The van der Waals surface area contributed by atoms with Crippen LogP contribution in [-0.2, 0) is 16.0 Å². The lowest BCUT2D eigenvalue weighted by atomic mass is 9.94. The van der Waals surface area contributed by atoms with E-state index in [0.717, 1.165) is 24.1 Å². The highest BCUT2D eigenvalue weighted by molar-refractivity contribution is 5.94. The minimum atomic E-state index is 0.0305. The fraction of sp³-hybridized carbons (Fsp3) is 0.556. The zero-order valence-corrected chi connectivity index (χ0v) is 13.6. The molecule has 0 aromatic heterocycles. The number of hydrogen-bond donors (Lipinski definition) is 1. The summed E-state index contributed by atoms with van der Waals surface area (Å²) in [7, 11) is 1.88. The predicted octanol–water partition coefficient (Wildman–Crippen LogP) is 2.74. The first-order valence-electron chi connectivity index (χ1n) is 8.45. The molecular formula is C18H24N2O3. The van der Waals surface area contributed by atoms with Gasteiger partial charge in [-0.1, -0.05) is 19.3 Å². The second-order valence-corrected chi connectivity index (χ2v) is 6.45. The number of amides is 2. The number of carbonyl (C=O) groups excluding carboxylic acids is 2. The van der Waals surface area contributed by atoms with E-state index in [2.05, 4.69) is 5.32 Å². The minimum absolute atomic E-state index is 0.0305. The molecule has 0 atom stereocenters. The van der Waals surface area contributed by atoms with Crippen molar-refractivity contribution in [3.8, 4) is 5.75 Å². The summed E-state index contributed by atoms with van der Waals surface area (Å²) in [5.74, 6) is 0.767. The molecule has 5 nitrogen and oxygen atoms in total. The van der Waals surface area contributed by atoms with Crippen LogP contribution in [-0.4, -0.2) is 36.4 Å². The third kappa shape index (κ3) is 3.84. The Kier molecular flexibility index (Phi) is 4.84. The van der Waals surface area contributed by atoms with E-state index in [1.54, 1.807) is 6.07 Å². The molecule has 1 aliphatic heterocycles. The van der Waals surface area contributed by atoms with E-state index in [-0.39, 0.29) is 18.4 Å². The summed E-state index contributed by atoms with van der Waals surface area (Å²) in [6.07, 6.45) is 7.11. The summed E-state index contributed by atoms with van der Waals surface area (Å²) in [5.41, 5.74) is 1.91. The lowest BCUT2D eigenvalue weighted by Gasteiger charge is -2.31. The van der Waals surface area contributed by atoms with E-state index >= 15 is 0 Å². The zero-order valence-electron chi connectivity index (χ0n) is 13.6. The fourth-order valence-electron chi connectivity index (χ4n) is 3.37. The zero-order chi connectivity index (χ0) is 16.2. The van der Waals surface area contributed by atoms with Crippen LogP contribution in [0.1, 0.15) is 44.1 Å². The predicted molar refractivity (Wildman–Crippen MR) is 88.5 cm³/mol. The molecule has 5 heteroatoms. The Hall–Kier alpha value is -2.04. The number of ether oxygens (including phenoxy) is 1. The number of rotatable bonds is 4. The topological polar surface area (TPSA) is 58.6 Å². The average Bonchev–Trinajstić information content (AvgIpc) is 2.59. The summed E-state index contributed by atoms with van der Waals surface area (Å²) in [6, 6.07) is 5.93. The third-order valence-corrected chi connectivity index (χ3v) is 4.85. The number of aryl methyl sites for hydroxylation is 1. The maximum Gasteiger partial charge on any atom is 0.260 e. The van der Waals surface area contributed by atoms with Crippen LogP contribution in [0.4, 0.5) is 5.69 Å². The van der Waals surface area contributed by atoms with Crippen molar-refractivity contribution in [1.29, 1.82) is 0 Å². The van der Waals surface area contributed by atoms with Crippen molar-refractivity contribution in [2.45, 2.75) is 51.0 Å². The molecule has 0 bridgehead atoms. The van der Waals surface area contributed by atoms with Crippen molar-refractivity contribution >= 4 is 17.5 Å². The van der Waals surface area contributed by atoms with Gasteiger partial charge in [0.1, 0.15) is 5.75 Å². The molecule has 124 valence electrons. The van der Waals surface area contributed by atoms with Crippen LogP contribution < -0.4 is 10.1 Å². The first-order valence-corrected chi connectivity index (χ1v) is 8.45. The van der Waals surface area contributed by atoms with E-state index in [1.165, 1.54) is 19.3 Å². The molecule has 0 spiro atoms. The molecular weight excluding hydrogens is 292 g/mol. The SMILES string of the molecule is CN(C(=O)COc1ccc2c(c1)CCC(=O)N2)C1CCCCC1. The number of likely N-dealkylation sites (N-methyl/N-ethyl adjacent to an activating group) is 1. The minimum Gasteiger partial charge on any atom is -0.484 e. The van der Waals surface area contributed by atoms with Crippen molar-refractivity contribution in [3.63, 3.8) is 0 Å². The molecule has 0 unspecified atom stereocenters. The van der Waals surface area contributed by atoms with Gasteiger partial charge in [-0.3, -0.25) is 9.59 Å². The second kappa shape index (κ2) is 7.02. The smallest absolute Gasteiger partial charge is 0.260 e. The van der Waals surface area contributed by atoms with Crippen LogP contribution in [0.3, 0.4) is 0 Å². The summed E-state index contributed by atoms with van der Waals surface area (Å²) < 4.78 is 5.67. The average molecular weight is 316 g/mol. The molecule has 0 saturated heterocycles. The lowest BCUT2D eigenvalue weighted by Crippen LogP contribution is -2.40. The van der Waals surface area contributed by atoms with Gasteiger partial charge < -0.3 is 15.0 Å². The second-order valence-electron chi connectivity index (χ2n) is 6.45. The maximum atomic E-state index is 12.3. The van der Waals surface area contributed by atoms with Gasteiger partial charge in [0.05, 0.1) is 0 Å². The number of hydrogen-bond acceptors (Lipinski definition) is 3. The molecule has 1 fully saturated rings. The standard InChI is InChI=1S/C18H24N2O3/c1-20(14-5-3-2-4-6-14)18(22)12-23-15-8-9-16-13(11-15)7-10-17(21)19-16/h8-9,11,14H,2-7,10,12H2,1H3,(H,19,21). The Balaban J connectivity index is 1.55. The summed E-state index contributed by atoms with van der Waals surface area (Å²) in [5, 5.41) is 2.84. The molecule has 2 aliphatic rings. The Bertz CT molecular complexity index is 594. The summed E-state index contributed by atoms with van der Waals surface area (Å²) in [6.45, 7) is 0.0676. The number of anilines is 1. The number of nitrogens with zero attached hydrogens (tertiary/aromatic N) is 1. The molecule has 1 heterocycles. The van der Waals surface area contributed by atoms with Gasteiger partial charge in [0, 0.05) is 25.2 Å². The first-order chi connectivity index (χ1) is 11.1. The van der Waals surface area contributed by atoms with Crippen molar-refractivity contribution in [1.82, 2.24) is 4.90 Å². The molecule has 23 heavy (non-hydrogen) atoms. The Morgan fingerprint density at radius 3 is 2.83 bits per heavy atom. The quantitative estimate of drug-likeness (QED) is 0.929. The summed E-state index contributed by atoms with van der Waals surface area (Å²) >= 11 is 0. The molecule has 1 aliphatic carbocycles. The first kappa shape index (κ1) is 15.8. The van der Waals surface area contributed by atoms with Crippen molar-refractivity contribution in [3.05, 3.63) is 23.8 Å². The van der Waals surface area contributed by atoms with Crippen LogP contribution >= 0.6 is 0 Å². The largest absolute Gasteiger partial charge is 0.484 e. The molecule has 0 radical (unpaired) electrons. The number of benzene rings is 1. The lowest BCUT2D eigenvalue weighted by molar-refractivity contribution is -0.134. The van der Waals surface area contributed by atoms with Crippen LogP contribution in [0, 0.1) is 0 Å². The van der Waals surface area contributed by atoms with Crippen LogP contribution in [0.25, 0.3) is 0 Å². The highest BCUT2D eigenvalue weighted by atomic mass is 16.5. The Labute approximate surface area is 137 Å². The summed E-state index contributed by atoms with van der Waals surface area (Å²) in [4.78, 5) is 25.5. The molecule has 1 N–H and O–H groups in total. The third-order valence-electron chi connectivity index (χ3n) is 4.85. The number of nitrogens with one attached hydrogen (secondary N) is 1. The van der Waals surface area contributed by atoms with Crippen LogP contribution in [0.15, 0.2) is 18.2 Å². The van der Waals surface area contributed by atoms with Crippen molar-refractivity contribution < 1.29 is 14.3 Å². The Morgan fingerprint density at radius 2 is 2.04 bits per heavy atom. The molecule has 2 amide bonds. The van der Waals surface area contributed by atoms with Gasteiger partial charge in [-0.2, -0.15) is 0 Å². The molecule has 1 aromatic rings. The monoisotopic (exact) mass is 316 g/mol. The van der Waals surface area contributed by atoms with Crippen LogP contribution in [0.2, 0.25) is 0 Å². The van der Waals surface area contributed by atoms with Gasteiger partial charge >= 0.3 is 0 Å². The van der Waals surface area contributed by atoms with Gasteiger partial charge in [-0.05, 0) is 43.0 Å². The maximum absolute atomic E-state index is 12.3. The van der Waals surface area contributed by atoms with E-state index < -0.39 is 0 Å². The van der Waals surface area contributed by atoms with Crippen molar-refractivity contribution in [2.75, 3.05) is 19.0 Å². The fourth-order valence-corrected chi connectivity index (χ4v) is 3.37. The van der Waals surface area contributed by atoms with E-state index in [0.29, 0.717) is 24.6 Å². The molecule has 1 aromatic carbocycles. The van der Waals surface area contributed by atoms with Crippen molar-refractivity contribution in [2.24, 2.45) is 0 Å². The normalized spacial score (nSPS) is 18.0.